The van der Waals surface area contributed by atoms with Crippen LogP contribution in [0.1, 0.15) is 11.1 Å². The minimum absolute atomic E-state index is 0.00000295. The van der Waals surface area contributed by atoms with E-state index >= 15 is 0 Å². The highest BCUT2D eigenvalue weighted by Crippen LogP contribution is 2.28. The molecule has 0 atom stereocenters. The van der Waals surface area contributed by atoms with Crippen LogP contribution >= 0.6 is 15.9 Å². The van der Waals surface area contributed by atoms with Crippen LogP contribution in [0, 0.1) is 12.3 Å². The standard InChI is InChI=1S/C14H13BrN2O/c1-9-5-6-12(14(16)17)13(7-9)18-11-4-2-3-10(15)8-11/h2-8H,1H3,(H3,16,17). The number of nitrogen functional groups attached to an aromatic ring is 1. The van der Waals surface area contributed by atoms with Crippen LogP contribution in [0.15, 0.2) is 46.9 Å². The van der Waals surface area contributed by atoms with Gasteiger partial charge in [0.1, 0.15) is 17.3 Å². The summed E-state index contributed by atoms with van der Waals surface area (Å²) in [5.41, 5.74) is 7.20. The number of amidine groups is 1. The first-order valence-corrected chi connectivity index (χ1v) is 6.24. The van der Waals surface area contributed by atoms with E-state index in [1.165, 1.54) is 0 Å². The quantitative estimate of drug-likeness (QED) is 0.668. The molecular weight excluding hydrogens is 292 g/mol. The Morgan fingerprint density at radius 3 is 2.67 bits per heavy atom. The van der Waals surface area contributed by atoms with E-state index < -0.39 is 0 Å². The van der Waals surface area contributed by atoms with E-state index in [1.807, 2.05) is 43.3 Å². The fourth-order valence-electron chi connectivity index (χ4n) is 1.59. The molecule has 0 spiro atoms. The van der Waals surface area contributed by atoms with E-state index in [2.05, 4.69) is 15.9 Å². The number of benzene rings is 2. The molecule has 0 unspecified atom stereocenters. The van der Waals surface area contributed by atoms with Gasteiger partial charge in [-0.3, -0.25) is 5.41 Å². The van der Waals surface area contributed by atoms with E-state index in [-0.39, 0.29) is 5.84 Å². The van der Waals surface area contributed by atoms with Crippen LogP contribution in [0.25, 0.3) is 0 Å². The fourth-order valence-corrected chi connectivity index (χ4v) is 1.97. The predicted molar refractivity (Wildman–Crippen MR) is 76.4 cm³/mol. The van der Waals surface area contributed by atoms with Gasteiger partial charge in [-0.25, -0.2) is 0 Å². The van der Waals surface area contributed by atoms with Gasteiger partial charge < -0.3 is 10.5 Å². The largest absolute Gasteiger partial charge is 0.457 e. The van der Waals surface area contributed by atoms with Gasteiger partial charge in [0.25, 0.3) is 0 Å². The molecule has 3 nitrogen and oxygen atoms in total. The van der Waals surface area contributed by atoms with Crippen molar-refractivity contribution < 1.29 is 4.74 Å². The summed E-state index contributed by atoms with van der Waals surface area (Å²) >= 11 is 3.39. The molecule has 2 aromatic rings. The minimum Gasteiger partial charge on any atom is -0.457 e. The van der Waals surface area contributed by atoms with E-state index in [1.54, 1.807) is 6.07 Å². The van der Waals surface area contributed by atoms with Gasteiger partial charge in [-0.15, -0.1) is 0 Å². The monoisotopic (exact) mass is 304 g/mol. The van der Waals surface area contributed by atoms with Crippen LogP contribution in [0.2, 0.25) is 0 Å². The molecule has 0 aliphatic carbocycles. The Morgan fingerprint density at radius 2 is 2.00 bits per heavy atom. The number of halogens is 1. The highest BCUT2D eigenvalue weighted by atomic mass is 79.9. The molecule has 4 heteroatoms. The molecule has 2 aromatic carbocycles. The highest BCUT2D eigenvalue weighted by molar-refractivity contribution is 9.10. The average Bonchev–Trinajstić information content (AvgIpc) is 2.28. The zero-order chi connectivity index (χ0) is 13.1. The Morgan fingerprint density at radius 1 is 1.22 bits per heavy atom. The lowest BCUT2D eigenvalue weighted by Crippen LogP contribution is -2.12. The van der Waals surface area contributed by atoms with Crippen molar-refractivity contribution in [3.8, 4) is 11.5 Å². The topological polar surface area (TPSA) is 59.1 Å². The highest BCUT2D eigenvalue weighted by Gasteiger charge is 2.08. The molecule has 0 saturated heterocycles. The number of nitrogens with two attached hydrogens (primary N) is 1. The molecule has 18 heavy (non-hydrogen) atoms. The molecule has 0 radical (unpaired) electrons. The minimum atomic E-state index is -0.00000295. The van der Waals surface area contributed by atoms with Crippen LogP contribution in [0.4, 0.5) is 0 Å². The van der Waals surface area contributed by atoms with Gasteiger partial charge in [-0.05, 0) is 42.8 Å². The lowest BCUT2D eigenvalue weighted by atomic mass is 10.1. The summed E-state index contributed by atoms with van der Waals surface area (Å²) in [4.78, 5) is 0. The molecule has 3 N–H and O–H groups in total. The second-order valence-corrected chi connectivity index (χ2v) is 4.89. The zero-order valence-corrected chi connectivity index (χ0v) is 11.5. The molecule has 0 aliphatic rings. The number of rotatable bonds is 3. The lowest BCUT2D eigenvalue weighted by molar-refractivity contribution is 0.481. The first-order chi connectivity index (χ1) is 8.56. The number of nitrogens with one attached hydrogen (secondary N) is 1. The maximum Gasteiger partial charge on any atom is 0.138 e. The van der Waals surface area contributed by atoms with Crippen molar-refractivity contribution in [3.05, 3.63) is 58.1 Å². The Hall–Kier alpha value is -1.81. The smallest absolute Gasteiger partial charge is 0.138 e. The molecule has 0 fully saturated rings. The zero-order valence-electron chi connectivity index (χ0n) is 9.91. The molecule has 0 bridgehead atoms. The molecule has 2 rings (SSSR count). The Balaban J connectivity index is 2.39. The predicted octanol–water partition coefficient (Wildman–Crippen LogP) is 3.83. The third kappa shape index (κ3) is 2.90. The third-order valence-corrected chi connectivity index (χ3v) is 2.94. The van der Waals surface area contributed by atoms with Gasteiger partial charge in [0.2, 0.25) is 0 Å². The summed E-state index contributed by atoms with van der Waals surface area (Å²) in [6.45, 7) is 1.97. The van der Waals surface area contributed by atoms with Crippen molar-refractivity contribution in [2.24, 2.45) is 5.73 Å². The fraction of sp³-hybridized carbons (Fsp3) is 0.0714. The molecule has 0 saturated carbocycles. The number of ether oxygens (including phenoxy) is 1. The van der Waals surface area contributed by atoms with Crippen LogP contribution in [0.3, 0.4) is 0 Å². The van der Waals surface area contributed by atoms with Crippen molar-refractivity contribution >= 4 is 21.8 Å². The van der Waals surface area contributed by atoms with Crippen molar-refractivity contribution in [2.45, 2.75) is 6.92 Å². The van der Waals surface area contributed by atoms with Gasteiger partial charge in [-0.2, -0.15) is 0 Å². The van der Waals surface area contributed by atoms with Gasteiger partial charge >= 0.3 is 0 Å². The number of aryl methyl sites for hydroxylation is 1. The molecule has 92 valence electrons. The van der Waals surface area contributed by atoms with Crippen LogP contribution in [-0.4, -0.2) is 5.84 Å². The maximum absolute atomic E-state index is 7.54. The van der Waals surface area contributed by atoms with E-state index in [4.69, 9.17) is 15.9 Å². The lowest BCUT2D eigenvalue weighted by Gasteiger charge is -2.11. The Labute approximate surface area is 114 Å². The maximum atomic E-state index is 7.54. The Kier molecular flexibility index (Phi) is 3.67. The average molecular weight is 305 g/mol. The summed E-state index contributed by atoms with van der Waals surface area (Å²) in [7, 11) is 0. The molecule has 0 aliphatic heterocycles. The summed E-state index contributed by atoms with van der Waals surface area (Å²) < 4.78 is 6.72. The van der Waals surface area contributed by atoms with Gasteiger partial charge in [0, 0.05) is 4.47 Å². The van der Waals surface area contributed by atoms with Gasteiger partial charge in [0.15, 0.2) is 0 Å². The first-order valence-electron chi connectivity index (χ1n) is 5.45. The number of hydrogen-bond donors (Lipinski definition) is 2. The van der Waals surface area contributed by atoms with Crippen molar-refractivity contribution in [2.75, 3.05) is 0 Å². The summed E-state index contributed by atoms with van der Waals surface area (Å²) in [6.07, 6.45) is 0. The second kappa shape index (κ2) is 5.23. The molecular formula is C14H13BrN2O. The van der Waals surface area contributed by atoms with Crippen LogP contribution in [-0.2, 0) is 0 Å². The second-order valence-electron chi connectivity index (χ2n) is 3.97. The van der Waals surface area contributed by atoms with Gasteiger partial charge in [0.05, 0.1) is 5.56 Å². The summed E-state index contributed by atoms with van der Waals surface area (Å²) in [5, 5.41) is 7.54. The summed E-state index contributed by atoms with van der Waals surface area (Å²) in [6, 6.07) is 13.1. The van der Waals surface area contributed by atoms with Gasteiger partial charge in [-0.1, -0.05) is 28.1 Å². The van der Waals surface area contributed by atoms with Crippen molar-refractivity contribution in [1.29, 1.82) is 5.41 Å². The third-order valence-electron chi connectivity index (χ3n) is 2.45. The normalized spacial score (nSPS) is 10.1. The van der Waals surface area contributed by atoms with Crippen LogP contribution in [0.5, 0.6) is 11.5 Å². The van der Waals surface area contributed by atoms with Crippen molar-refractivity contribution in [1.82, 2.24) is 0 Å². The SMILES string of the molecule is Cc1ccc(C(=N)N)c(Oc2cccc(Br)c2)c1. The van der Waals surface area contributed by atoms with Crippen molar-refractivity contribution in [3.63, 3.8) is 0 Å². The summed E-state index contributed by atoms with van der Waals surface area (Å²) in [5.74, 6) is 1.30. The van der Waals surface area contributed by atoms with E-state index in [0.717, 1.165) is 10.0 Å². The van der Waals surface area contributed by atoms with E-state index in [0.29, 0.717) is 17.1 Å². The first kappa shape index (κ1) is 12.6. The molecule has 0 aromatic heterocycles. The van der Waals surface area contributed by atoms with E-state index in [9.17, 15) is 0 Å². The Bertz CT molecular complexity index is 596. The molecule has 0 heterocycles. The molecule has 0 amide bonds. The van der Waals surface area contributed by atoms with Crippen LogP contribution < -0.4 is 10.5 Å². The number of hydrogen-bond acceptors (Lipinski definition) is 2.